The second kappa shape index (κ2) is 13.3. The number of carbonyl (C=O) groups excluding carboxylic acids is 2. The van der Waals surface area contributed by atoms with E-state index < -0.39 is 23.7 Å². The monoisotopic (exact) mass is 599 g/mol. The summed E-state index contributed by atoms with van der Waals surface area (Å²) in [7, 11) is 0. The summed E-state index contributed by atoms with van der Waals surface area (Å²) in [5.74, 6) is -1.86. The molecule has 0 amide bonds. The van der Waals surface area contributed by atoms with E-state index in [1.807, 2.05) is 29.3 Å². The molecule has 3 saturated heterocycles. The number of carboxylic acids is 1. The molecule has 1 aromatic heterocycles. The van der Waals surface area contributed by atoms with Crippen LogP contribution in [0.1, 0.15) is 49.8 Å². The molecule has 4 fully saturated rings. The Hall–Kier alpha value is -2.08. The third-order valence-corrected chi connectivity index (χ3v) is 10.6. The SMILES string of the molecule is O=C(OC1C[N+]2(CCCSc3ccccc3)CCC1CC2)[C@](O)(c1cccs1)C1CCCC1.O=C([O-])C(F)(F)F. The van der Waals surface area contributed by atoms with Crippen LogP contribution in [0, 0.1) is 11.8 Å². The Morgan fingerprint density at radius 3 is 2.27 bits per heavy atom. The Labute approximate surface area is 241 Å². The summed E-state index contributed by atoms with van der Waals surface area (Å²) in [5, 5.41) is 22.4. The predicted molar refractivity (Wildman–Crippen MR) is 145 cm³/mol. The van der Waals surface area contributed by atoms with Crippen molar-refractivity contribution >= 4 is 35.0 Å². The number of carboxylic acid groups (broad SMARTS) is 1. The lowest BCUT2D eigenvalue weighted by molar-refractivity contribution is -0.946. The molecule has 4 heterocycles. The van der Waals surface area contributed by atoms with Crippen LogP contribution >= 0.6 is 23.1 Å². The molecule has 6 nitrogen and oxygen atoms in total. The van der Waals surface area contributed by atoms with E-state index in [0.717, 1.165) is 66.7 Å². The lowest BCUT2D eigenvalue weighted by Crippen LogP contribution is -2.65. The third-order valence-electron chi connectivity index (χ3n) is 8.47. The van der Waals surface area contributed by atoms with Crippen molar-refractivity contribution in [2.75, 3.05) is 31.9 Å². The number of aliphatic carboxylic acids is 1. The van der Waals surface area contributed by atoms with Gasteiger partial charge in [-0.2, -0.15) is 13.2 Å². The van der Waals surface area contributed by atoms with Crippen LogP contribution in [0.5, 0.6) is 0 Å². The van der Waals surface area contributed by atoms with Crippen molar-refractivity contribution in [2.45, 2.75) is 67.7 Å². The molecule has 1 N–H and O–H groups in total. The normalized spacial score (nSPS) is 26.0. The average molecular weight is 600 g/mol. The lowest BCUT2D eigenvalue weighted by atomic mass is 9.82. The highest BCUT2D eigenvalue weighted by molar-refractivity contribution is 7.99. The molecule has 2 aromatic rings. The minimum atomic E-state index is -5.19. The maximum atomic E-state index is 13.5. The zero-order valence-electron chi connectivity index (χ0n) is 22.3. The van der Waals surface area contributed by atoms with Crippen LogP contribution in [0.25, 0.3) is 0 Å². The van der Waals surface area contributed by atoms with E-state index in [0.29, 0.717) is 5.92 Å². The number of thioether (sulfide) groups is 1. The molecule has 1 saturated carbocycles. The van der Waals surface area contributed by atoms with Gasteiger partial charge in [-0.25, -0.2) is 4.79 Å². The summed E-state index contributed by atoms with van der Waals surface area (Å²) >= 11 is 3.41. The van der Waals surface area contributed by atoms with Gasteiger partial charge >= 0.3 is 12.1 Å². The van der Waals surface area contributed by atoms with Gasteiger partial charge < -0.3 is 24.2 Å². The number of hydrogen-bond acceptors (Lipinski definition) is 7. The van der Waals surface area contributed by atoms with Crippen LogP contribution in [0.4, 0.5) is 13.2 Å². The minimum Gasteiger partial charge on any atom is -0.542 e. The molecule has 220 valence electrons. The number of halogens is 3. The fourth-order valence-corrected chi connectivity index (χ4v) is 8.06. The second-order valence-electron chi connectivity index (χ2n) is 11.0. The molecule has 40 heavy (non-hydrogen) atoms. The summed E-state index contributed by atoms with van der Waals surface area (Å²) in [6.45, 7) is 4.47. The molecular formula is C29H36F3NO5S2. The number of piperidine rings is 3. The number of esters is 1. The van der Waals surface area contributed by atoms with Crippen LogP contribution in [-0.2, 0) is 19.9 Å². The molecule has 2 atom stereocenters. The number of ether oxygens (including phenoxy) is 1. The first-order valence-electron chi connectivity index (χ1n) is 13.8. The van der Waals surface area contributed by atoms with Gasteiger partial charge in [0.05, 0.1) is 19.6 Å². The zero-order chi connectivity index (χ0) is 28.8. The van der Waals surface area contributed by atoms with Gasteiger partial charge in [-0.15, -0.1) is 23.1 Å². The highest BCUT2D eigenvalue weighted by Gasteiger charge is 2.53. The van der Waals surface area contributed by atoms with Crippen molar-refractivity contribution in [3.05, 3.63) is 52.7 Å². The molecule has 6 rings (SSSR count). The highest BCUT2D eigenvalue weighted by atomic mass is 32.2. The predicted octanol–water partition coefficient (Wildman–Crippen LogP) is 4.76. The Morgan fingerprint density at radius 2 is 1.70 bits per heavy atom. The van der Waals surface area contributed by atoms with Crippen LogP contribution in [-0.4, -0.2) is 65.7 Å². The first kappa shape index (κ1) is 30.9. The Morgan fingerprint density at radius 1 is 1.05 bits per heavy atom. The lowest BCUT2D eigenvalue weighted by Gasteiger charge is -2.52. The number of carbonyl (C=O) groups is 2. The number of benzene rings is 1. The van der Waals surface area contributed by atoms with Crippen molar-refractivity contribution in [2.24, 2.45) is 11.8 Å². The summed E-state index contributed by atoms with van der Waals surface area (Å²) < 4.78 is 38.8. The topological polar surface area (TPSA) is 86.7 Å². The number of rotatable bonds is 9. The molecule has 3 aliphatic heterocycles. The molecule has 1 unspecified atom stereocenters. The number of fused-ring (bicyclic) bond motifs is 3. The van der Waals surface area contributed by atoms with E-state index in [4.69, 9.17) is 14.6 Å². The molecule has 1 aromatic carbocycles. The summed E-state index contributed by atoms with van der Waals surface area (Å²) in [6.07, 6.45) is 2.14. The first-order chi connectivity index (χ1) is 19.0. The van der Waals surface area contributed by atoms with E-state index in [-0.39, 0.29) is 12.0 Å². The molecule has 0 spiro atoms. The van der Waals surface area contributed by atoms with Crippen molar-refractivity contribution in [1.82, 2.24) is 0 Å². The van der Waals surface area contributed by atoms with E-state index in [1.54, 1.807) is 0 Å². The largest absolute Gasteiger partial charge is 0.542 e. The van der Waals surface area contributed by atoms with Crippen LogP contribution in [0.3, 0.4) is 0 Å². The van der Waals surface area contributed by atoms with Crippen LogP contribution in [0.15, 0.2) is 52.7 Å². The number of thiophene rings is 1. The summed E-state index contributed by atoms with van der Waals surface area (Å²) in [6, 6.07) is 14.4. The molecule has 0 radical (unpaired) electrons. The van der Waals surface area contributed by atoms with Gasteiger partial charge in [0.15, 0.2) is 11.7 Å². The maximum Gasteiger partial charge on any atom is 0.430 e. The third kappa shape index (κ3) is 7.40. The number of hydrogen-bond donors (Lipinski definition) is 1. The average Bonchev–Trinajstić information content (AvgIpc) is 3.68. The van der Waals surface area contributed by atoms with E-state index >= 15 is 0 Å². The number of quaternary nitrogens is 1. The van der Waals surface area contributed by atoms with Gasteiger partial charge in [-0.3, -0.25) is 0 Å². The molecule has 2 bridgehead atoms. The van der Waals surface area contributed by atoms with Gasteiger partial charge in [-0.1, -0.05) is 37.1 Å². The van der Waals surface area contributed by atoms with Crippen molar-refractivity contribution in [3.63, 3.8) is 0 Å². The number of nitrogens with zero attached hydrogens (tertiary/aromatic N) is 1. The van der Waals surface area contributed by atoms with Crippen LogP contribution in [0.2, 0.25) is 0 Å². The molecule has 11 heteroatoms. The van der Waals surface area contributed by atoms with Gasteiger partial charge in [0.2, 0.25) is 0 Å². The molecular weight excluding hydrogens is 563 g/mol. The number of aliphatic hydroxyl groups is 1. The van der Waals surface area contributed by atoms with Gasteiger partial charge in [0.25, 0.3) is 0 Å². The smallest absolute Gasteiger partial charge is 0.430 e. The quantitative estimate of drug-likeness (QED) is 0.194. The van der Waals surface area contributed by atoms with E-state index in [9.17, 15) is 23.1 Å². The fourth-order valence-electron chi connectivity index (χ4n) is 6.31. The minimum absolute atomic E-state index is 0.0251. The summed E-state index contributed by atoms with van der Waals surface area (Å²) in [4.78, 5) is 24.4. The van der Waals surface area contributed by atoms with Gasteiger partial charge in [-0.05, 0) is 36.4 Å². The first-order valence-corrected chi connectivity index (χ1v) is 15.7. The zero-order valence-corrected chi connectivity index (χ0v) is 23.9. The molecule has 1 aliphatic carbocycles. The second-order valence-corrected chi connectivity index (χ2v) is 13.1. The van der Waals surface area contributed by atoms with E-state index in [2.05, 4.69) is 30.3 Å². The Balaban J connectivity index is 0.000000470. The standard InChI is InChI=1S/C27H36NO3S2.C2HF3O2/c29-26(27(30,22-8-4-5-9-22)25-12-6-18-33-25)31-24-20-28(16-13-21(24)14-17-28)15-7-19-32-23-10-2-1-3-11-23;3-2(4,5)1(6)7/h1-3,6,10-12,18,21-22,24,30H,4-5,7-9,13-17,19-20H2;(H,6,7)/q+1;/p-1/t21?,24?,27-,28?;/m1./s1. The van der Waals surface area contributed by atoms with E-state index in [1.165, 1.54) is 35.7 Å². The van der Waals surface area contributed by atoms with Crippen molar-refractivity contribution in [1.29, 1.82) is 0 Å². The van der Waals surface area contributed by atoms with Gasteiger partial charge in [0, 0.05) is 46.6 Å². The van der Waals surface area contributed by atoms with Gasteiger partial charge in [0.1, 0.15) is 12.5 Å². The number of alkyl halides is 3. The molecule has 4 aliphatic rings. The van der Waals surface area contributed by atoms with Crippen molar-refractivity contribution < 1.29 is 42.2 Å². The Kier molecular flexibility index (Phi) is 10.2. The maximum absolute atomic E-state index is 13.5. The highest BCUT2D eigenvalue weighted by Crippen LogP contribution is 2.44. The fraction of sp³-hybridized carbons (Fsp3) is 0.586. The van der Waals surface area contributed by atoms with Crippen LogP contribution < -0.4 is 5.11 Å². The summed E-state index contributed by atoms with van der Waals surface area (Å²) in [5.41, 5.74) is -1.48. The Bertz CT molecular complexity index is 1100. The van der Waals surface area contributed by atoms with Crippen molar-refractivity contribution in [3.8, 4) is 0 Å².